The molecule has 3 unspecified atom stereocenters. The van der Waals surface area contributed by atoms with Crippen LogP contribution in [0.4, 0.5) is 4.79 Å². The molecule has 2 amide bonds. The molecule has 6 nitrogen and oxygen atoms in total. The van der Waals surface area contributed by atoms with E-state index in [2.05, 4.69) is 10.3 Å². The summed E-state index contributed by atoms with van der Waals surface area (Å²) < 4.78 is 0. The molecule has 2 aliphatic rings. The van der Waals surface area contributed by atoms with Gasteiger partial charge >= 0.3 is 12.0 Å². The first kappa shape index (κ1) is 13.1. The maximum absolute atomic E-state index is 11.6. The maximum Gasteiger partial charge on any atom is 0.341 e. The van der Waals surface area contributed by atoms with Crippen molar-refractivity contribution in [3.8, 4) is 0 Å². The van der Waals surface area contributed by atoms with Crippen LogP contribution in [0.15, 0.2) is 0 Å². The number of carboxylic acids is 1. The zero-order valence-corrected chi connectivity index (χ0v) is 10.6. The number of amides is 2. The summed E-state index contributed by atoms with van der Waals surface area (Å²) in [6, 6.07) is -0.376. The molecule has 0 heterocycles. The van der Waals surface area contributed by atoms with Crippen LogP contribution < -0.4 is 5.48 Å². The predicted octanol–water partition coefficient (Wildman–Crippen LogP) is 1.08. The lowest BCUT2D eigenvalue weighted by molar-refractivity contribution is -0.144. The number of urea groups is 1. The van der Waals surface area contributed by atoms with E-state index in [0.717, 1.165) is 18.4 Å². The molecule has 0 radical (unpaired) electrons. The van der Waals surface area contributed by atoms with E-state index in [4.69, 9.17) is 5.11 Å². The minimum absolute atomic E-state index is 0.376. The van der Waals surface area contributed by atoms with Crippen LogP contribution in [0, 0.1) is 17.8 Å². The molecule has 2 fully saturated rings. The molecule has 0 aromatic rings. The SMILES string of the molecule is CN(CC1CC2CCC1C2)C(=O)NOCC(=O)O. The summed E-state index contributed by atoms with van der Waals surface area (Å²) in [6.45, 7) is 0.205. The van der Waals surface area contributed by atoms with Gasteiger partial charge in [-0.25, -0.2) is 15.1 Å². The Morgan fingerprint density at radius 1 is 1.39 bits per heavy atom. The zero-order valence-electron chi connectivity index (χ0n) is 10.6. The number of carboxylic acid groups (broad SMARTS) is 1. The van der Waals surface area contributed by atoms with Crippen molar-refractivity contribution < 1.29 is 19.5 Å². The van der Waals surface area contributed by atoms with Crippen LogP contribution in [-0.4, -0.2) is 42.2 Å². The van der Waals surface area contributed by atoms with Crippen molar-refractivity contribution in [2.45, 2.75) is 25.7 Å². The van der Waals surface area contributed by atoms with Gasteiger partial charge in [0, 0.05) is 13.6 Å². The molecule has 0 aromatic carbocycles. The number of hydrogen-bond donors (Lipinski definition) is 2. The number of nitrogens with zero attached hydrogens (tertiary/aromatic N) is 1. The van der Waals surface area contributed by atoms with Crippen LogP contribution in [0.1, 0.15) is 25.7 Å². The molecule has 0 saturated heterocycles. The Balaban J connectivity index is 1.69. The van der Waals surface area contributed by atoms with Gasteiger partial charge in [-0.2, -0.15) is 0 Å². The third kappa shape index (κ3) is 3.13. The highest BCUT2D eigenvalue weighted by atomic mass is 16.7. The molecular formula is C12H20N2O4. The van der Waals surface area contributed by atoms with Gasteiger partial charge < -0.3 is 10.0 Å². The molecule has 2 N–H and O–H groups in total. The summed E-state index contributed by atoms with van der Waals surface area (Å²) >= 11 is 0. The second kappa shape index (κ2) is 5.56. The Labute approximate surface area is 106 Å². The zero-order chi connectivity index (χ0) is 13.1. The normalized spacial score (nSPS) is 29.3. The smallest absolute Gasteiger partial charge is 0.341 e. The molecule has 0 aliphatic heterocycles. The lowest BCUT2D eigenvalue weighted by atomic mass is 9.88. The Bertz CT molecular complexity index is 334. The Hall–Kier alpha value is -1.30. The first-order valence-corrected chi connectivity index (χ1v) is 6.41. The topological polar surface area (TPSA) is 78.9 Å². The van der Waals surface area contributed by atoms with Crippen LogP contribution in [0.25, 0.3) is 0 Å². The van der Waals surface area contributed by atoms with Gasteiger partial charge in [0.05, 0.1) is 0 Å². The van der Waals surface area contributed by atoms with E-state index in [9.17, 15) is 9.59 Å². The van der Waals surface area contributed by atoms with Crippen molar-refractivity contribution in [2.24, 2.45) is 17.8 Å². The Kier molecular flexibility index (Phi) is 4.06. The van der Waals surface area contributed by atoms with Crippen LogP contribution >= 0.6 is 0 Å². The minimum Gasteiger partial charge on any atom is -0.479 e. The number of carbonyl (C=O) groups is 2. The van der Waals surface area contributed by atoms with Crippen LogP contribution in [0.5, 0.6) is 0 Å². The summed E-state index contributed by atoms with van der Waals surface area (Å²) in [6.07, 6.45) is 5.17. The number of aliphatic carboxylic acids is 1. The largest absolute Gasteiger partial charge is 0.479 e. The van der Waals surface area contributed by atoms with E-state index in [1.165, 1.54) is 25.7 Å². The fourth-order valence-electron chi connectivity index (χ4n) is 3.27. The highest BCUT2D eigenvalue weighted by molar-refractivity contribution is 5.73. The van der Waals surface area contributed by atoms with Crippen LogP contribution in [0.2, 0.25) is 0 Å². The van der Waals surface area contributed by atoms with E-state index in [0.29, 0.717) is 5.92 Å². The molecule has 2 rings (SSSR count). The van der Waals surface area contributed by atoms with Gasteiger partial charge in [-0.15, -0.1) is 0 Å². The first-order chi connectivity index (χ1) is 8.56. The van der Waals surface area contributed by atoms with E-state index in [-0.39, 0.29) is 6.03 Å². The summed E-state index contributed by atoms with van der Waals surface area (Å²) in [4.78, 5) is 28.0. The molecule has 2 saturated carbocycles. The van der Waals surface area contributed by atoms with Crippen molar-refractivity contribution in [1.29, 1.82) is 0 Å². The molecule has 2 bridgehead atoms. The third-order valence-corrected chi connectivity index (χ3v) is 4.09. The summed E-state index contributed by atoms with van der Waals surface area (Å²) in [5.74, 6) is 1.12. The van der Waals surface area contributed by atoms with Crippen molar-refractivity contribution in [3.05, 3.63) is 0 Å². The quantitative estimate of drug-likeness (QED) is 0.721. The molecule has 2 aliphatic carbocycles. The Morgan fingerprint density at radius 2 is 2.17 bits per heavy atom. The first-order valence-electron chi connectivity index (χ1n) is 6.41. The van der Waals surface area contributed by atoms with Gasteiger partial charge in [0.1, 0.15) is 0 Å². The molecule has 0 spiro atoms. The van der Waals surface area contributed by atoms with Gasteiger partial charge in [-0.1, -0.05) is 6.42 Å². The average molecular weight is 256 g/mol. The fourth-order valence-corrected chi connectivity index (χ4v) is 3.27. The van der Waals surface area contributed by atoms with Crippen molar-refractivity contribution >= 4 is 12.0 Å². The molecule has 3 atom stereocenters. The lowest BCUT2D eigenvalue weighted by Gasteiger charge is -2.27. The number of rotatable bonds is 5. The van der Waals surface area contributed by atoms with Crippen molar-refractivity contribution in [3.63, 3.8) is 0 Å². The van der Waals surface area contributed by atoms with E-state index < -0.39 is 12.6 Å². The van der Waals surface area contributed by atoms with Gasteiger partial charge in [0.15, 0.2) is 6.61 Å². The van der Waals surface area contributed by atoms with E-state index >= 15 is 0 Å². The number of hydrogen-bond acceptors (Lipinski definition) is 3. The maximum atomic E-state index is 11.6. The minimum atomic E-state index is -1.11. The average Bonchev–Trinajstić information content (AvgIpc) is 2.90. The number of hydroxylamine groups is 1. The summed E-state index contributed by atoms with van der Waals surface area (Å²) in [5, 5.41) is 8.38. The summed E-state index contributed by atoms with van der Waals surface area (Å²) in [7, 11) is 1.71. The van der Waals surface area contributed by atoms with Gasteiger partial charge in [0.2, 0.25) is 0 Å². The standard InChI is InChI=1S/C12H20N2O4/c1-14(12(17)13-18-7-11(15)16)6-10-5-8-2-3-9(10)4-8/h8-10H,2-7H2,1H3,(H,13,17)(H,15,16). The van der Waals surface area contributed by atoms with Gasteiger partial charge in [-0.05, 0) is 37.0 Å². The number of fused-ring (bicyclic) bond motifs is 2. The molecule has 6 heteroatoms. The lowest BCUT2D eigenvalue weighted by Crippen LogP contribution is -2.41. The molecule has 0 aromatic heterocycles. The van der Waals surface area contributed by atoms with Gasteiger partial charge in [0.25, 0.3) is 0 Å². The van der Waals surface area contributed by atoms with Crippen LogP contribution in [0.3, 0.4) is 0 Å². The Morgan fingerprint density at radius 3 is 2.72 bits per heavy atom. The highest BCUT2D eigenvalue weighted by Gasteiger charge is 2.40. The number of carbonyl (C=O) groups excluding carboxylic acids is 1. The second-order valence-corrected chi connectivity index (χ2v) is 5.41. The van der Waals surface area contributed by atoms with Crippen LogP contribution in [-0.2, 0) is 9.63 Å². The number of nitrogens with one attached hydrogen (secondary N) is 1. The molecule has 102 valence electrons. The second-order valence-electron chi connectivity index (χ2n) is 5.41. The third-order valence-electron chi connectivity index (χ3n) is 4.09. The molecule has 18 heavy (non-hydrogen) atoms. The predicted molar refractivity (Wildman–Crippen MR) is 63.7 cm³/mol. The van der Waals surface area contributed by atoms with Crippen molar-refractivity contribution in [1.82, 2.24) is 10.4 Å². The highest BCUT2D eigenvalue weighted by Crippen LogP contribution is 2.48. The van der Waals surface area contributed by atoms with E-state index in [1.807, 2.05) is 0 Å². The molecular weight excluding hydrogens is 236 g/mol. The van der Waals surface area contributed by atoms with E-state index in [1.54, 1.807) is 11.9 Å². The van der Waals surface area contributed by atoms with Crippen molar-refractivity contribution in [2.75, 3.05) is 20.2 Å². The monoisotopic (exact) mass is 256 g/mol. The fraction of sp³-hybridized carbons (Fsp3) is 0.833. The van der Waals surface area contributed by atoms with Gasteiger partial charge in [-0.3, -0.25) is 4.84 Å². The summed E-state index contributed by atoms with van der Waals surface area (Å²) in [5.41, 5.74) is 2.14.